The molecule has 5 heteroatoms. The fourth-order valence-corrected chi connectivity index (χ4v) is 6.25. The Morgan fingerprint density at radius 3 is 2.21 bits per heavy atom. The van der Waals surface area contributed by atoms with Gasteiger partial charge in [0.25, 0.3) is 0 Å². The predicted octanol–water partition coefficient (Wildman–Crippen LogP) is 3.45. The Balaban J connectivity index is 2.58. The van der Waals surface area contributed by atoms with E-state index in [0.717, 1.165) is 6.04 Å². The van der Waals surface area contributed by atoms with E-state index in [-0.39, 0.29) is 10.9 Å². The number of hydrogen-bond acceptors (Lipinski definition) is 3. The van der Waals surface area contributed by atoms with Gasteiger partial charge in [0.15, 0.2) is 8.32 Å². The summed E-state index contributed by atoms with van der Waals surface area (Å²) in [7, 11) is -1.68. The monoisotopic (exact) mass is 305 g/mol. The Bertz CT molecular complexity index is 288. The summed E-state index contributed by atoms with van der Waals surface area (Å²) in [5.41, 5.74) is 0. The van der Waals surface area contributed by atoms with Crippen molar-refractivity contribution >= 4 is 19.7 Å². The van der Waals surface area contributed by atoms with Crippen molar-refractivity contribution in [1.29, 1.82) is 0 Å². The van der Waals surface area contributed by atoms with Crippen molar-refractivity contribution < 1.29 is 8.98 Å². The highest BCUT2D eigenvalue weighted by Gasteiger charge is 2.41. The minimum Gasteiger partial charge on any atom is -0.598 e. The van der Waals surface area contributed by atoms with E-state index in [1.54, 1.807) is 0 Å². The van der Waals surface area contributed by atoms with E-state index in [4.69, 9.17) is 4.43 Å². The highest BCUT2D eigenvalue weighted by atomic mass is 32.2. The van der Waals surface area contributed by atoms with Crippen LogP contribution in [0, 0.1) is 5.92 Å². The van der Waals surface area contributed by atoms with Gasteiger partial charge in [0, 0.05) is 17.5 Å². The molecule has 1 rings (SSSR count). The first-order valence-electron chi connectivity index (χ1n) is 7.37. The molecule has 0 aromatic rings. The summed E-state index contributed by atoms with van der Waals surface area (Å²) in [6.45, 7) is 14.8. The van der Waals surface area contributed by atoms with Gasteiger partial charge in [-0.1, -0.05) is 0 Å². The molecule has 19 heavy (non-hydrogen) atoms. The summed E-state index contributed by atoms with van der Waals surface area (Å²) >= 11 is -0.979. The molecule has 1 aliphatic carbocycles. The van der Waals surface area contributed by atoms with Gasteiger partial charge in [0.2, 0.25) is 0 Å². The third-order valence-corrected chi connectivity index (χ3v) is 7.43. The van der Waals surface area contributed by atoms with Crippen molar-refractivity contribution in [2.45, 2.75) is 83.5 Å². The molecule has 0 radical (unpaired) electrons. The molecule has 1 unspecified atom stereocenters. The van der Waals surface area contributed by atoms with Crippen molar-refractivity contribution in [3.05, 3.63) is 0 Å². The van der Waals surface area contributed by atoms with E-state index < -0.39 is 19.7 Å². The van der Waals surface area contributed by atoms with Crippen molar-refractivity contribution in [3.8, 4) is 0 Å². The van der Waals surface area contributed by atoms with Crippen LogP contribution in [0.3, 0.4) is 0 Å². The molecule has 0 spiro atoms. The Labute approximate surface area is 123 Å². The van der Waals surface area contributed by atoms with Crippen LogP contribution >= 0.6 is 0 Å². The first kappa shape index (κ1) is 17.5. The summed E-state index contributed by atoms with van der Waals surface area (Å²) < 4.78 is 21.6. The van der Waals surface area contributed by atoms with Crippen LogP contribution in [0.2, 0.25) is 19.1 Å². The van der Waals surface area contributed by atoms with Gasteiger partial charge >= 0.3 is 0 Å². The maximum absolute atomic E-state index is 12.3. The minimum atomic E-state index is -1.68. The van der Waals surface area contributed by atoms with Crippen LogP contribution in [0.25, 0.3) is 0 Å². The number of rotatable bonds is 7. The average molecular weight is 306 g/mol. The molecule has 0 aromatic carbocycles. The van der Waals surface area contributed by atoms with Gasteiger partial charge in [-0.3, -0.25) is 0 Å². The van der Waals surface area contributed by atoms with Crippen molar-refractivity contribution in [1.82, 2.24) is 4.72 Å². The first-order valence-corrected chi connectivity index (χ1v) is 11.6. The molecule has 0 aliphatic heterocycles. The second-order valence-corrected chi connectivity index (χ2v) is 13.7. The fraction of sp³-hybridized carbons (Fsp3) is 1.00. The lowest BCUT2D eigenvalue weighted by molar-refractivity contribution is 0.228. The van der Waals surface area contributed by atoms with E-state index in [2.05, 4.69) is 31.7 Å². The molecule has 0 saturated heterocycles. The second kappa shape index (κ2) is 6.48. The van der Waals surface area contributed by atoms with Crippen molar-refractivity contribution in [3.63, 3.8) is 0 Å². The molecule has 0 aromatic heterocycles. The predicted molar refractivity (Wildman–Crippen MR) is 86.1 cm³/mol. The van der Waals surface area contributed by atoms with Crippen LogP contribution < -0.4 is 4.72 Å². The topological polar surface area (TPSA) is 44.3 Å². The SMILES string of the molecule is CC(C)O[Si](C)(C)CC(N[S@@+]([O-])C(C)(C)C)C1CC1. The zero-order valence-electron chi connectivity index (χ0n) is 13.6. The molecule has 1 aliphatic rings. The largest absolute Gasteiger partial charge is 0.598 e. The van der Waals surface area contributed by atoms with Crippen LogP contribution in [0.5, 0.6) is 0 Å². The Hall–Kier alpha value is 0.447. The molecule has 0 bridgehead atoms. The molecular formula is C14H31NO2SSi. The minimum absolute atomic E-state index is 0.197. The maximum atomic E-state index is 12.3. The van der Waals surface area contributed by atoms with Gasteiger partial charge in [-0.25, -0.2) is 0 Å². The van der Waals surface area contributed by atoms with Gasteiger partial charge in [-0.2, -0.15) is 0 Å². The molecule has 114 valence electrons. The van der Waals surface area contributed by atoms with E-state index >= 15 is 0 Å². The molecule has 3 nitrogen and oxygen atoms in total. The summed E-state index contributed by atoms with van der Waals surface area (Å²) in [4.78, 5) is 0. The normalized spacial score (nSPS) is 20.7. The zero-order chi connectivity index (χ0) is 14.8. The van der Waals surface area contributed by atoms with Crippen molar-refractivity contribution in [2.24, 2.45) is 5.92 Å². The quantitative estimate of drug-likeness (QED) is 0.579. The molecule has 0 heterocycles. The van der Waals surface area contributed by atoms with Crippen LogP contribution in [0.15, 0.2) is 0 Å². The van der Waals surface area contributed by atoms with E-state index in [0.29, 0.717) is 12.0 Å². The summed E-state index contributed by atoms with van der Waals surface area (Å²) in [6.07, 6.45) is 2.82. The van der Waals surface area contributed by atoms with Crippen LogP contribution in [0.4, 0.5) is 0 Å². The molecule has 1 saturated carbocycles. The highest BCUT2D eigenvalue weighted by Crippen LogP contribution is 2.37. The zero-order valence-corrected chi connectivity index (χ0v) is 15.4. The first-order chi connectivity index (χ1) is 8.51. The summed E-state index contributed by atoms with van der Waals surface area (Å²) in [6, 6.07) is 1.41. The Morgan fingerprint density at radius 2 is 1.84 bits per heavy atom. The van der Waals surface area contributed by atoms with Crippen LogP contribution in [-0.4, -0.2) is 29.8 Å². The summed E-state index contributed by atoms with van der Waals surface area (Å²) in [5, 5.41) is 0. The van der Waals surface area contributed by atoms with Gasteiger partial charge in [-0.15, -0.1) is 4.72 Å². The molecule has 0 amide bonds. The van der Waals surface area contributed by atoms with E-state index in [9.17, 15) is 4.55 Å². The number of nitrogens with one attached hydrogen (secondary N) is 1. The van der Waals surface area contributed by atoms with Crippen molar-refractivity contribution in [2.75, 3.05) is 0 Å². The molecule has 1 fully saturated rings. The Morgan fingerprint density at radius 1 is 1.32 bits per heavy atom. The van der Waals surface area contributed by atoms with E-state index in [1.165, 1.54) is 12.8 Å². The molecule has 1 N–H and O–H groups in total. The lowest BCUT2D eigenvalue weighted by Gasteiger charge is -2.33. The fourth-order valence-electron chi connectivity index (χ4n) is 2.33. The highest BCUT2D eigenvalue weighted by molar-refractivity contribution is 7.90. The van der Waals surface area contributed by atoms with Gasteiger partial charge in [-0.05, 0) is 72.5 Å². The lowest BCUT2D eigenvalue weighted by atomic mass is 10.2. The third-order valence-electron chi connectivity index (χ3n) is 3.27. The third kappa shape index (κ3) is 6.62. The van der Waals surface area contributed by atoms with Gasteiger partial charge < -0.3 is 8.98 Å². The van der Waals surface area contributed by atoms with Gasteiger partial charge in [0.1, 0.15) is 4.75 Å². The van der Waals surface area contributed by atoms with Crippen LogP contribution in [-0.2, 0) is 15.8 Å². The molecule has 2 atom stereocenters. The Kier molecular flexibility index (Phi) is 5.96. The lowest BCUT2D eigenvalue weighted by Crippen LogP contribution is -2.49. The van der Waals surface area contributed by atoms with Gasteiger partial charge in [0.05, 0.1) is 6.04 Å². The molecular weight excluding hydrogens is 274 g/mol. The number of hydrogen-bond donors (Lipinski definition) is 1. The average Bonchev–Trinajstić information content (AvgIpc) is 2.94. The van der Waals surface area contributed by atoms with E-state index in [1.807, 2.05) is 20.8 Å². The summed E-state index contributed by atoms with van der Waals surface area (Å²) in [5.74, 6) is 0.703. The second-order valence-electron chi connectivity index (χ2n) is 7.57. The maximum Gasteiger partial charge on any atom is 0.188 e. The smallest absolute Gasteiger partial charge is 0.188 e. The van der Waals surface area contributed by atoms with Crippen LogP contribution in [0.1, 0.15) is 47.5 Å². The standard InChI is InChI=1S/C14H31NO2SSi/c1-11(2)17-19(6,7)10-13(12-8-9-12)15-18(16)14(3,4)5/h11-13,15H,8-10H2,1-7H3/t13?,18-/m0/s1.